The molecule has 0 aliphatic carbocycles. The summed E-state index contributed by atoms with van der Waals surface area (Å²) in [5.74, 6) is -2.16. The summed E-state index contributed by atoms with van der Waals surface area (Å²) < 4.78 is 24.7. The van der Waals surface area contributed by atoms with Crippen LogP contribution in [0.2, 0.25) is 0 Å². The van der Waals surface area contributed by atoms with Crippen LogP contribution >= 0.6 is 0 Å². The number of carbonyl (C=O) groups is 2. The van der Waals surface area contributed by atoms with Crippen molar-refractivity contribution in [3.8, 4) is 11.5 Å². The van der Waals surface area contributed by atoms with Crippen molar-refractivity contribution in [3.63, 3.8) is 0 Å². The number of ketones is 1. The molecule has 0 radical (unpaired) electrons. The molecule has 6 nitrogen and oxygen atoms in total. The monoisotopic (exact) mass is 489 g/mol. The number of halogens is 1. The maximum atomic E-state index is 14.1. The Labute approximate surface area is 209 Å². The molecule has 1 atom stereocenters. The Hall–Kier alpha value is -4.13. The van der Waals surface area contributed by atoms with E-state index in [-0.39, 0.29) is 22.3 Å². The molecule has 0 aromatic heterocycles. The molecule has 0 spiro atoms. The van der Waals surface area contributed by atoms with Crippen molar-refractivity contribution in [1.82, 2.24) is 0 Å². The van der Waals surface area contributed by atoms with E-state index in [2.05, 4.69) is 20.8 Å². The predicted octanol–water partition coefficient (Wildman–Crippen LogP) is 5.77. The van der Waals surface area contributed by atoms with Gasteiger partial charge in [-0.1, -0.05) is 51.1 Å². The summed E-state index contributed by atoms with van der Waals surface area (Å²) in [5.41, 5.74) is 1.82. The second-order valence-electron chi connectivity index (χ2n) is 9.59. The van der Waals surface area contributed by atoms with Crippen LogP contribution in [0.15, 0.2) is 72.3 Å². The zero-order valence-corrected chi connectivity index (χ0v) is 20.8. The van der Waals surface area contributed by atoms with E-state index >= 15 is 0 Å². The number of amides is 1. The molecule has 3 aromatic rings. The number of benzene rings is 3. The van der Waals surface area contributed by atoms with E-state index in [4.69, 9.17) is 9.47 Å². The second kappa shape index (κ2) is 9.49. The third-order valence-electron chi connectivity index (χ3n) is 6.29. The Morgan fingerprint density at radius 3 is 2.25 bits per heavy atom. The van der Waals surface area contributed by atoms with Crippen molar-refractivity contribution in [2.24, 2.45) is 0 Å². The Morgan fingerprint density at radius 2 is 1.64 bits per heavy atom. The summed E-state index contributed by atoms with van der Waals surface area (Å²) in [5, 5.41) is 11.3. The third-order valence-corrected chi connectivity index (χ3v) is 6.29. The molecule has 186 valence electrons. The zero-order chi connectivity index (χ0) is 26.2. The standard InChI is InChI=1S/C29H28FNO5/c1-29(2,3)18-11-9-17(10-12-18)25-24(26(32)22-15-19(30)13-14-23(22)36-5)27(33)28(34)31(25)20-7-6-8-21(16-20)35-4/h6-16,25,32H,1-5H3/b26-24+. The Balaban J connectivity index is 1.97. The molecule has 7 heteroatoms. The first kappa shape index (κ1) is 25.0. The molecular formula is C29H28FNO5. The SMILES string of the molecule is COc1cccc(N2C(=O)C(=O)/C(=C(/O)c3cc(F)ccc3OC)C2c2ccc(C(C)(C)C)cc2)c1. The molecule has 0 bridgehead atoms. The van der Waals surface area contributed by atoms with Crippen LogP contribution in [-0.2, 0) is 15.0 Å². The van der Waals surface area contributed by atoms with Crippen LogP contribution in [0.3, 0.4) is 0 Å². The molecule has 1 amide bonds. The van der Waals surface area contributed by atoms with Gasteiger partial charge >= 0.3 is 0 Å². The van der Waals surface area contributed by atoms with Gasteiger partial charge in [-0.3, -0.25) is 14.5 Å². The van der Waals surface area contributed by atoms with Gasteiger partial charge in [-0.25, -0.2) is 4.39 Å². The molecule has 1 aliphatic rings. The summed E-state index contributed by atoms with van der Waals surface area (Å²) in [7, 11) is 2.88. The fourth-order valence-electron chi connectivity index (χ4n) is 4.35. The number of Topliss-reactive ketones (excluding diaryl/α,β-unsaturated/α-hetero) is 1. The number of nitrogens with zero attached hydrogens (tertiary/aromatic N) is 1. The Kier molecular flexibility index (Phi) is 6.59. The lowest BCUT2D eigenvalue weighted by molar-refractivity contribution is -0.132. The number of anilines is 1. The van der Waals surface area contributed by atoms with Gasteiger partial charge in [-0.2, -0.15) is 0 Å². The van der Waals surface area contributed by atoms with Crippen LogP contribution in [0.1, 0.15) is 43.5 Å². The number of rotatable bonds is 5. The van der Waals surface area contributed by atoms with Crippen LogP contribution in [0.25, 0.3) is 5.76 Å². The molecule has 3 aromatic carbocycles. The number of aliphatic hydroxyl groups excluding tert-OH is 1. The van der Waals surface area contributed by atoms with Crippen LogP contribution in [0.4, 0.5) is 10.1 Å². The van der Waals surface area contributed by atoms with Crippen molar-refractivity contribution in [2.45, 2.75) is 32.2 Å². The third kappa shape index (κ3) is 4.44. The highest BCUT2D eigenvalue weighted by Crippen LogP contribution is 2.44. The quantitative estimate of drug-likeness (QED) is 0.280. The summed E-state index contributed by atoms with van der Waals surface area (Å²) in [6.45, 7) is 6.25. The van der Waals surface area contributed by atoms with Gasteiger partial charge in [0.05, 0.1) is 31.4 Å². The molecule has 4 rings (SSSR count). The van der Waals surface area contributed by atoms with E-state index in [0.717, 1.165) is 11.6 Å². The minimum Gasteiger partial charge on any atom is -0.507 e. The lowest BCUT2D eigenvalue weighted by Crippen LogP contribution is -2.29. The smallest absolute Gasteiger partial charge is 0.300 e. The van der Waals surface area contributed by atoms with Gasteiger partial charge in [0.2, 0.25) is 0 Å². The van der Waals surface area contributed by atoms with E-state index in [1.807, 2.05) is 24.3 Å². The summed E-state index contributed by atoms with van der Waals surface area (Å²) >= 11 is 0. The normalized spacial score (nSPS) is 17.4. The first-order valence-electron chi connectivity index (χ1n) is 11.5. The highest BCUT2D eigenvalue weighted by Gasteiger charge is 2.47. The number of ether oxygens (including phenoxy) is 2. The highest BCUT2D eigenvalue weighted by molar-refractivity contribution is 6.51. The first-order valence-corrected chi connectivity index (χ1v) is 11.5. The highest BCUT2D eigenvalue weighted by atomic mass is 19.1. The molecule has 1 N–H and O–H groups in total. The molecule has 1 saturated heterocycles. The lowest BCUT2D eigenvalue weighted by atomic mass is 9.85. The van der Waals surface area contributed by atoms with Crippen LogP contribution in [0, 0.1) is 5.82 Å². The van der Waals surface area contributed by atoms with Gasteiger partial charge in [-0.15, -0.1) is 0 Å². The minimum atomic E-state index is -0.959. The van der Waals surface area contributed by atoms with Gasteiger partial charge < -0.3 is 14.6 Å². The van der Waals surface area contributed by atoms with Crippen molar-refractivity contribution in [3.05, 3.63) is 94.8 Å². The van der Waals surface area contributed by atoms with E-state index in [9.17, 15) is 19.1 Å². The van der Waals surface area contributed by atoms with Crippen molar-refractivity contribution >= 4 is 23.1 Å². The van der Waals surface area contributed by atoms with Gasteiger partial charge in [0.15, 0.2) is 0 Å². The number of methoxy groups -OCH3 is 2. The van der Waals surface area contributed by atoms with Crippen molar-refractivity contribution < 1.29 is 28.6 Å². The van der Waals surface area contributed by atoms with E-state index < -0.39 is 29.3 Å². The molecule has 36 heavy (non-hydrogen) atoms. The molecule has 1 heterocycles. The number of aliphatic hydroxyl groups is 1. The average molecular weight is 490 g/mol. The van der Waals surface area contributed by atoms with Crippen molar-refractivity contribution in [2.75, 3.05) is 19.1 Å². The van der Waals surface area contributed by atoms with Gasteiger partial charge in [0, 0.05) is 11.8 Å². The lowest BCUT2D eigenvalue weighted by Gasteiger charge is -2.27. The number of carbonyl (C=O) groups excluding carboxylic acids is 2. The van der Waals surface area contributed by atoms with Gasteiger partial charge in [0.1, 0.15) is 23.1 Å². The molecule has 1 fully saturated rings. The largest absolute Gasteiger partial charge is 0.507 e. The average Bonchev–Trinajstić information content (AvgIpc) is 3.13. The topological polar surface area (TPSA) is 76.1 Å². The van der Waals surface area contributed by atoms with E-state index in [0.29, 0.717) is 17.0 Å². The zero-order valence-electron chi connectivity index (χ0n) is 20.8. The van der Waals surface area contributed by atoms with Gasteiger partial charge in [0.25, 0.3) is 11.7 Å². The van der Waals surface area contributed by atoms with E-state index in [1.54, 1.807) is 24.3 Å². The van der Waals surface area contributed by atoms with Crippen LogP contribution in [0.5, 0.6) is 11.5 Å². The van der Waals surface area contributed by atoms with Gasteiger partial charge in [-0.05, 0) is 46.9 Å². The molecule has 1 unspecified atom stereocenters. The second-order valence-corrected chi connectivity index (χ2v) is 9.59. The van der Waals surface area contributed by atoms with Crippen molar-refractivity contribution in [1.29, 1.82) is 0 Å². The molecular weight excluding hydrogens is 461 g/mol. The summed E-state index contributed by atoms with van der Waals surface area (Å²) in [4.78, 5) is 28.1. The summed E-state index contributed by atoms with van der Waals surface area (Å²) in [6, 6.07) is 17.0. The first-order chi connectivity index (χ1) is 17.1. The number of hydrogen-bond acceptors (Lipinski definition) is 5. The summed E-state index contributed by atoms with van der Waals surface area (Å²) in [6.07, 6.45) is 0. The minimum absolute atomic E-state index is 0.0162. The molecule has 1 aliphatic heterocycles. The Bertz CT molecular complexity index is 1350. The van der Waals surface area contributed by atoms with E-state index in [1.165, 1.54) is 31.3 Å². The number of hydrogen-bond donors (Lipinski definition) is 1. The van der Waals surface area contributed by atoms with Crippen LogP contribution in [-0.4, -0.2) is 31.0 Å². The Morgan fingerprint density at radius 1 is 0.944 bits per heavy atom. The fraction of sp³-hybridized carbons (Fsp3) is 0.241. The van der Waals surface area contributed by atoms with Crippen LogP contribution < -0.4 is 14.4 Å². The predicted molar refractivity (Wildman–Crippen MR) is 136 cm³/mol. The maximum Gasteiger partial charge on any atom is 0.300 e. The maximum absolute atomic E-state index is 14.1. The molecule has 0 saturated carbocycles. The fourth-order valence-corrected chi connectivity index (χ4v) is 4.35.